The minimum Gasteiger partial charge on any atom is -0.494 e. The number of nitrogens with one attached hydrogen (secondary N) is 2. The Hall–Kier alpha value is -3.91. The van der Waals surface area contributed by atoms with E-state index in [9.17, 15) is 40.7 Å². The van der Waals surface area contributed by atoms with Gasteiger partial charge in [-0.3, -0.25) is 4.79 Å². The lowest BCUT2D eigenvalue weighted by Crippen LogP contribution is -2.34. The quantitative estimate of drug-likeness (QED) is 0.340. The van der Waals surface area contributed by atoms with Gasteiger partial charge in [-0.25, -0.2) is 26.9 Å². The van der Waals surface area contributed by atoms with Gasteiger partial charge in [0.15, 0.2) is 0 Å². The minimum absolute atomic E-state index is 0.0130. The molecule has 4 aromatic rings. The van der Waals surface area contributed by atoms with Gasteiger partial charge in [-0.1, -0.05) is 12.1 Å². The van der Waals surface area contributed by atoms with E-state index >= 15 is 0 Å². The highest BCUT2D eigenvalue weighted by atomic mass is 32.2. The molecule has 0 unspecified atom stereocenters. The third-order valence-electron chi connectivity index (χ3n) is 4.77. The summed E-state index contributed by atoms with van der Waals surface area (Å²) >= 11 is 0.877. The van der Waals surface area contributed by atoms with Crippen LogP contribution < -0.4 is 15.6 Å². The standard InChI is InChI=1S/C21H13F4N3O5S2/c22-15-10-13(26-20(31)27-35(32,33)18-2-1-7-34-18)5-6-16(15)28-17(29)8-11-3-4-12(21(23,24)25)9-14(11)19(28)30/h1-10,30H,(H2,26,27,31). The Morgan fingerprint density at radius 3 is 2.43 bits per heavy atom. The normalized spacial score (nSPS) is 12.0. The molecule has 0 saturated carbocycles. The average molecular weight is 527 g/mol. The van der Waals surface area contributed by atoms with Gasteiger partial charge in [0.25, 0.3) is 15.6 Å². The van der Waals surface area contributed by atoms with Gasteiger partial charge < -0.3 is 10.4 Å². The van der Waals surface area contributed by atoms with Crippen LogP contribution in [0.2, 0.25) is 0 Å². The summed E-state index contributed by atoms with van der Waals surface area (Å²) in [5.74, 6) is -2.05. The Morgan fingerprint density at radius 2 is 1.80 bits per heavy atom. The van der Waals surface area contributed by atoms with Crippen molar-refractivity contribution in [1.82, 2.24) is 9.29 Å². The number of carbonyl (C=O) groups excluding carboxylic acids is 1. The number of hydrogen-bond donors (Lipinski definition) is 3. The zero-order chi connectivity index (χ0) is 25.5. The largest absolute Gasteiger partial charge is 0.494 e. The molecule has 35 heavy (non-hydrogen) atoms. The Labute approximate surface area is 198 Å². The molecule has 4 rings (SSSR count). The average Bonchev–Trinajstić information content (AvgIpc) is 3.30. The summed E-state index contributed by atoms with van der Waals surface area (Å²) < 4.78 is 80.3. The molecular formula is C21H13F4N3O5S2. The second-order valence-electron chi connectivity index (χ2n) is 7.10. The number of rotatable bonds is 4. The Morgan fingerprint density at radius 1 is 1.06 bits per heavy atom. The zero-order valence-corrected chi connectivity index (χ0v) is 18.8. The van der Waals surface area contributed by atoms with Crippen LogP contribution >= 0.6 is 11.3 Å². The van der Waals surface area contributed by atoms with Crippen molar-refractivity contribution in [3.8, 4) is 11.6 Å². The predicted molar refractivity (Wildman–Crippen MR) is 120 cm³/mol. The fourth-order valence-corrected chi connectivity index (χ4v) is 5.12. The molecule has 0 fully saturated rings. The number of amides is 2. The first-order chi connectivity index (χ1) is 16.4. The van der Waals surface area contributed by atoms with Gasteiger partial charge >= 0.3 is 12.2 Å². The van der Waals surface area contributed by atoms with Crippen molar-refractivity contribution in [2.45, 2.75) is 10.4 Å². The molecule has 2 aromatic heterocycles. The number of hydrogen-bond acceptors (Lipinski definition) is 6. The molecule has 2 amide bonds. The van der Waals surface area contributed by atoms with E-state index in [0.29, 0.717) is 10.6 Å². The van der Waals surface area contributed by atoms with E-state index in [1.165, 1.54) is 17.5 Å². The number of pyridine rings is 1. The highest BCUT2D eigenvalue weighted by Gasteiger charge is 2.31. The molecule has 3 N–H and O–H groups in total. The zero-order valence-electron chi connectivity index (χ0n) is 17.1. The molecule has 14 heteroatoms. The van der Waals surface area contributed by atoms with E-state index in [0.717, 1.165) is 47.7 Å². The second kappa shape index (κ2) is 8.70. The minimum atomic E-state index is -4.71. The van der Waals surface area contributed by atoms with E-state index in [-0.39, 0.29) is 20.7 Å². The number of thiophene rings is 1. The highest BCUT2D eigenvalue weighted by Crippen LogP contribution is 2.34. The number of nitrogens with zero attached hydrogens (tertiary/aromatic N) is 1. The van der Waals surface area contributed by atoms with Crippen LogP contribution in [-0.4, -0.2) is 24.1 Å². The van der Waals surface area contributed by atoms with E-state index in [1.807, 2.05) is 0 Å². The Kier molecular flexibility index (Phi) is 6.02. The van der Waals surface area contributed by atoms with Gasteiger partial charge in [-0.05, 0) is 47.2 Å². The molecular weight excluding hydrogens is 514 g/mol. The summed E-state index contributed by atoms with van der Waals surface area (Å²) in [7, 11) is -4.14. The van der Waals surface area contributed by atoms with Gasteiger partial charge in [0.1, 0.15) is 10.0 Å². The number of carbonyl (C=O) groups is 1. The molecule has 0 aliphatic heterocycles. The number of aromatic nitrogens is 1. The fraction of sp³-hybridized carbons (Fsp3) is 0.0476. The number of halogens is 4. The molecule has 0 atom stereocenters. The maximum Gasteiger partial charge on any atom is 0.416 e. The number of alkyl halides is 3. The first-order valence-corrected chi connectivity index (χ1v) is 11.9. The number of sulfonamides is 1. The van der Waals surface area contributed by atoms with Gasteiger partial charge in [-0.15, -0.1) is 11.3 Å². The SMILES string of the molecule is O=C(Nc1ccc(-n2c(O)c3cc(C(F)(F)F)ccc3cc2=O)c(F)c1)NS(=O)(=O)c1cccs1. The molecule has 0 spiro atoms. The molecule has 0 radical (unpaired) electrons. The third kappa shape index (κ3) is 4.83. The van der Waals surface area contributed by atoms with Gasteiger partial charge in [0, 0.05) is 17.1 Å². The third-order valence-corrected chi connectivity index (χ3v) is 7.49. The van der Waals surface area contributed by atoms with Crippen LogP contribution in [0.5, 0.6) is 5.88 Å². The fourth-order valence-electron chi connectivity index (χ4n) is 3.22. The van der Waals surface area contributed by atoms with E-state index in [4.69, 9.17) is 0 Å². The molecule has 0 aliphatic rings. The van der Waals surface area contributed by atoms with Crippen molar-refractivity contribution < 1.29 is 35.9 Å². The molecule has 2 heterocycles. The molecule has 0 bridgehead atoms. The molecule has 182 valence electrons. The van der Waals surface area contributed by atoms with E-state index < -0.39 is 50.7 Å². The van der Waals surface area contributed by atoms with Crippen LogP contribution in [0.15, 0.2) is 69.0 Å². The predicted octanol–water partition coefficient (Wildman–Crippen LogP) is 4.43. The number of benzene rings is 2. The number of anilines is 1. The van der Waals surface area contributed by atoms with Crippen molar-refractivity contribution in [1.29, 1.82) is 0 Å². The summed E-state index contributed by atoms with van der Waals surface area (Å²) in [6, 6.07) is 7.73. The number of aromatic hydroxyl groups is 1. The lowest BCUT2D eigenvalue weighted by Gasteiger charge is -2.14. The van der Waals surface area contributed by atoms with Crippen LogP contribution in [-0.2, 0) is 16.2 Å². The van der Waals surface area contributed by atoms with Crippen LogP contribution in [0.4, 0.5) is 28.0 Å². The molecule has 2 aromatic carbocycles. The first-order valence-electron chi connectivity index (χ1n) is 9.50. The maximum atomic E-state index is 14.8. The van der Waals surface area contributed by atoms with Crippen molar-refractivity contribution in [3.63, 3.8) is 0 Å². The summed E-state index contributed by atoms with van der Waals surface area (Å²) in [6.45, 7) is 0. The lowest BCUT2D eigenvalue weighted by molar-refractivity contribution is -0.137. The van der Waals surface area contributed by atoms with Gasteiger partial charge in [0.05, 0.1) is 11.3 Å². The van der Waals surface area contributed by atoms with Crippen LogP contribution in [0.1, 0.15) is 5.56 Å². The number of fused-ring (bicyclic) bond motifs is 1. The van der Waals surface area contributed by atoms with Crippen molar-refractivity contribution in [2.75, 3.05) is 5.32 Å². The lowest BCUT2D eigenvalue weighted by atomic mass is 10.1. The Balaban J connectivity index is 1.66. The smallest absolute Gasteiger partial charge is 0.416 e. The topological polar surface area (TPSA) is 118 Å². The summed E-state index contributed by atoms with van der Waals surface area (Å²) in [5, 5.41) is 13.8. The molecule has 0 aliphatic carbocycles. The summed E-state index contributed by atoms with van der Waals surface area (Å²) in [6.07, 6.45) is -4.71. The molecule has 8 nitrogen and oxygen atoms in total. The maximum absolute atomic E-state index is 14.8. The van der Waals surface area contributed by atoms with Gasteiger partial charge in [0.2, 0.25) is 5.88 Å². The summed E-state index contributed by atoms with van der Waals surface area (Å²) in [5.41, 5.74) is -2.70. The monoisotopic (exact) mass is 527 g/mol. The highest BCUT2D eigenvalue weighted by molar-refractivity contribution is 7.92. The van der Waals surface area contributed by atoms with Crippen LogP contribution in [0, 0.1) is 5.82 Å². The summed E-state index contributed by atoms with van der Waals surface area (Å²) in [4.78, 5) is 24.5. The van der Waals surface area contributed by atoms with Gasteiger partial charge in [-0.2, -0.15) is 13.2 Å². The van der Waals surface area contributed by atoms with Crippen molar-refractivity contribution >= 4 is 43.9 Å². The van der Waals surface area contributed by atoms with E-state index in [1.54, 1.807) is 4.72 Å². The second-order valence-corrected chi connectivity index (χ2v) is 9.96. The number of urea groups is 1. The van der Waals surface area contributed by atoms with Crippen molar-refractivity contribution in [3.05, 3.63) is 81.7 Å². The van der Waals surface area contributed by atoms with Crippen LogP contribution in [0.25, 0.3) is 16.5 Å². The molecule has 0 saturated heterocycles. The van der Waals surface area contributed by atoms with E-state index in [2.05, 4.69) is 5.32 Å². The first kappa shape index (κ1) is 24.2. The van der Waals surface area contributed by atoms with Crippen molar-refractivity contribution in [2.24, 2.45) is 0 Å². The Bertz CT molecular complexity index is 1610. The van der Waals surface area contributed by atoms with Crippen LogP contribution in [0.3, 0.4) is 0 Å².